The van der Waals surface area contributed by atoms with Crippen molar-refractivity contribution in [1.82, 2.24) is 19.5 Å². The summed E-state index contributed by atoms with van der Waals surface area (Å²) in [5.41, 5.74) is 1.19. The van der Waals surface area contributed by atoms with E-state index in [4.69, 9.17) is 9.47 Å². The van der Waals surface area contributed by atoms with Crippen LogP contribution in [-0.4, -0.2) is 50.4 Å². The highest BCUT2D eigenvalue weighted by atomic mass is 32.2. The SMILES string of the molecule is COc1ncnc2ncn([C@H]3CCO[C@@H](CO)S3)c12. The molecule has 0 spiro atoms. The topological polar surface area (TPSA) is 82.3 Å². The molecule has 19 heavy (non-hydrogen) atoms. The second kappa shape index (κ2) is 5.32. The van der Waals surface area contributed by atoms with Gasteiger partial charge >= 0.3 is 0 Å². The average Bonchev–Trinajstić information content (AvgIpc) is 2.91. The molecule has 7 nitrogen and oxygen atoms in total. The van der Waals surface area contributed by atoms with Crippen molar-refractivity contribution in [2.45, 2.75) is 17.2 Å². The highest BCUT2D eigenvalue weighted by molar-refractivity contribution is 7.99. The Morgan fingerprint density at radius 2 is 2.42 bits per heavy atom. The minimum atomic E-state index is -0.202. The normalized spacial score (nSPS) is 23.7. The van der Waals surface area contributed by atoms with Gasteiger partial charge in [0.15, 0.2) is 11.2 Å². The summed E-state index contributed by atoms with van der Waals surface area (Å²) >= 11 is 1.56. The Kier molecular flexibility index (Phi) is 3.54. The average molecular weight is 282 g/mol. The molecule has 1 fully saturated rings. The first-order valence-corrected chi connectivity index (χ1v) is 6.87. The Bertz CT molecular complexity index is 576. The van der Waals surface area contributed by atoms with Crippen molar-refractivity contribution in [3.63, 3.8) is 0 Å². The number of hydrogen-bond acceptors (Lipinski definition) is 7. The van der Waals surface area contributed by atoms with Gasteiger partial charge in [0, 0.05) is 6.42 Å². The number of imidazole rings is 1. The summed E-state index contributed by atoms with van der Waals surface area (Å²) in [4.78, 5) is 12.5. The molecule has 2 aromatic heterocycles. The maximum absolute atomic E-state index is 9.20. The lowest BCUT2D eigenvalue weighted by molar-refractivity contribution is 0.0551. The Labute approximate surface area is 114 Å². The molecule has 0 aromatic carbocycles. The predicted molar refractivity (Wildman–Crippen MR) is 69.9 cm³/mol. The Hall–Kier alpha value is -1.38. The first kappa shape index (κ1) is 12.6. The largest absolute Gasteiger partial charge is 0.479 e. The molecule has 8 heteroatoms. The van der Waals surface area contributed by atoms with Crippen LogP contribution in [0.2, 0.25) is 0 Å². The molecule has 0 unspecified atom stereocenters. The monoisotopic (exact) mass is 282 g/mol. The van der Waals surface area contributed by atoms with Gasteiger partial charge in [0.2, 0.25) is 5.88 Å². The zero-order valence-electron chi connectivity index (χ0n) is 10.4. The molecule has 0 aliphatic carbocycles. The third-order valence-corrected chi connectivity index (χ3v) is 4.33. The van der Waals surface area contributed by atoms with Crippen LogP contribution in [0.3, 0.4) is 0 Å². The Morgan fingerprint density at radius 3 is 3.21 bits per heavy atom. The number of hydrogen-bond donors (Lipinski definition) is 1. The third kappa shape index (κ3) is 2.26. The number of fused-ring (bicyclic) bond motifs is 1. The lowest BCUT2D eigenvalue weighted by atomic mass is 10.4. The summed E-state index contributed by atoms with van der Waals surface area (Å²) in [5.74, 6) is 0.509. The van der Waals surface area contributed by atoms with Crippen LogP contribution in [0.15, 0.2) is 12.7 Å². The van der Waals surface area contributed by atoms with Crippen molar-refractivity contribution in [2.75, 3.05) is 20.3 Å². The van der Waals surface area contributed by atoms with Gasteiger partial charge in [-0.15, -0.1) is 11.8 Å². The van der Waals surface area contributed by atoms with Gasteiger partial charge in [-0.05, 0) is 0 Å². The van der Waals surface area contributed by atoms with E-state index in [1.807, 2.05) is 4.57 Å². The number of aliphatic hydroxyl groups is 1. The third-order valence-electron chi connectivity index (χ3n) is 2.96. The molecule has 2 aromatic rings. The van der Waals surface area contributed by atoms with Gasteiger partial charge in [-0.25, -0.2) is 9.97 Å². The summed E-state index contributed by atoms with van der Waals surface area (Å²) in [6.45, 7) is 0.611. The summed E-state index contributed by atoms with van der Waals surface area (Å²) in [7, 11) is 1.58. The Balaban J connectivity index is 2.00. The fraction of sp³-hybridized carbons (Fsp3) is 0.545. The number of aromatic nitrogens is 4. The van der Waals surface area contributed by atoms with Gasteiger partial charge < -0.3 is 19.1 Å². The molecule has 0 radical (unpaired) electrons. The molecule has 1 aliphatic rings. The summed E-state index contributed by atoms with van der Waals surface area (Å²) < 4.78 is 12.7. The van der Waals surface area contributed by atoms with E-state index in [0.717, 1.165) is 11.9 Å². The molecule has 1 saturated heterocycles. The molecule has 0 bridgehead atoms. The second-order valence-corrected chi connectivity index (χ2v) is 5.41. The number of nitrogens with zero attached hydrogens (tertiary/aromatic N) is 4. The molecule has 0 amide bonds. The lowest BCUT2D eigenvalue weighted by Crippen LogP contribution is -2.24. The zero-order valence-corrected chi connectivity index (χ0v) is 11.2. The second-order valence-electron chi connectivity index (χ2n) is 4.07. The smallest absolute Gasteiger partial charge is 0.243 e. The van der Waals surface area contributed by atoms with E-state index in [1.165, 1.54) is 6.33 Å². The number of thioether (sulfide) groups is 1. The van der Waals surface area contributed by atoms with Gasteiger partial charge in [0.05, 0.1) is 32.0 Å². The van der Waals surface area contributed by atoms with Crippen molar-refractivity contribution in [2.24, 2.45) is 0 Å². The van der Waals surface area contributed by atoms with Crippen molar-refractivity contribution in [3.8, 4) is 5.88 Å². The van der Waals surface area contributed by atoms with E-state index in [2.05, 4.69) is 15.0 Å². The molecular formula is C11H14N4O3S. The van der Waals surface area contributed by atoms with Crippen molar-refractivity contribution >= 4 is 22.9 Å². The quantitative estimate of drug-likeness (QED) is 0.891. The highest BCUT2D eigenvalue weighted by Gasteiger charge is 2.26. The van der Waals surface area contributed by atoms with Crippen LogP contribution in [0.25, 0.3) is 11.2 Å². The van der Waals surface area contributed by atoms with Crippen LogP contribution in [-0.2, 0) is 4.74 Å². The number of aliphatic hydroxyl groups excluding tert-OH is 1. The Morgan fingerprint density at radius 1 is 1.53 bits per heavy atom. The minimum Gasteiger partial charge on any atom is -0.479 e. The van der Waals surface area contributed by atoms with Gasteiger partial charge in [0.1, 0.15) is 11.8 Å². The van der Waals surface area contributed by atoms with E-state index >= 15 is 0 Å². The van der Waals surface area contributed by atoms with Gasteiger partial charge in [-0.3, -0.25) is 0 Å². The maximum atomic E-state index is 9.20. The maximum Gasteiger partial charge on any atom is 0.243 e. The summed E-state index contributed by atoms with van der Waals surface area (Å²) in [6.07, 6.45) is 4.01. The first-order chi connectivity index (χ1) is 9.33. The van der Waals surface area contributed by atoms with Crippen LogP contribution in [0.1, 0.15) is 11.8 Å². The van der Waals surface area contributed by atoms with Gasteiger partial charge in [-0.2, -0.15) is 4.98 Å². The predicted octanol–water partition coefficient (Wildman–Crippen LogP) is 0.805. The summed E-state index contributed by atoms with van der Waals surface area (Å²) in [6, 6.07) is 0. The molecule has 0 saturated carbocycles. The van der Waals surface area contributed by atoms with Crippen LogP contribution in [0, 0.1) is 0 Å². The van der Waals surface area contributed by atoms with E-state index in [-0.39, 0.29) is 17.4 Å². The van der Waals surface area contributed by atoms with E-state index < -0.39 is 0 Å². The van der Waals surface area contributed by atoms with Gasteiger partial charge in [0.25, 0.3) is 0 Å². The van der Waals surface area contributed by atoms with Crippen LogP contribution in [0.4, 0.5) is 0 Å². The van der Waals surface area contributed by atoms with Crippen LogP contribution in [0.5, 0.6) is 5.88 Å². The van der Waals surface area contributed by atoms with Gasteiger partial charge in [-0.1, -0.05) is 0 Å². The van der Waals surface area contributed by atoms with E-state index in [9.17, 15) is 5.11 Å². The standard InChI is InChI=1S/C11H14N4O3S/c1-17-11-9-10(12-5-13-11)14-6-15(9)7-2-3-18-8(4-16)19-7/h5-8,16H,2-4H2,1H3/t7-,8-/m1/s1. The molecular weight excluding hydrogens is 268 g/mol. The molecule has 3 rings (SSSR count). The molecule has 1 aliphatic heterocycles. The molecule has 1 N–H and O–H groups in total. The number of methoxy groups -OCH3 is 1. The fourth-order valence-electron chi connectivity index (χ4n) is 2.10. The van der Waals surface area contributed by atoms with E-state index in [1.54, 1.807) is 25.2 Å². The molecule has 2 atom stereocenters. The first-order valence-electron chi connectivity index (χ1n) is 5.93. The van der Waals surface area contributed by atoms with E-state index in [0.29, 0.717) is 18.1 Å². The van der Waals surface area contributed by atoms with Crippen LogP contribution < -0.4 is 4.74 Å². The number of ether oxygens (including phenoxy) is 2. The zero-order chi connectivity index (χ0) is 13.2. The summed E-state index contributed by atoms with van der Waals surface area (Å²) in [5, 5.41) is 9.34. The van der Waals surface area contributed by atoms with Crippen LogP contribution >= 0.6 is 11.8 Å². The fourth-order valence-corrected chi connectivity index (χ4v) is 3.23. The lowest BCUT2D eigenvalue weighted by Gasteiger charge is -2.29. The van der Waals surface area contributed by atoms with Crippen molar-refractivity contribution < 1.29 is 14.6 Å². The van der Waals surface area contributed by atoms with Crippen molar-refractivity contribution in [1.29, 1.82) is 0 Å². The highest BCUT2D eigenvalue weighted by Crippen LogP contribution is 2.38. The number of rotatable bonds is 3. The minimum absolute atomic E-state index is 0.00142. The van der Waals surface area contributed by atoms with Crippen molar-refractivity contribution in [3.05, 3.63) is 12.7 Å². The molecule has 3 heterocycles. The molecule has 102 valence electrons.